The van der Waals surface area contributed by atoms with Gasteiger partial charge in [0.15, 0.2) is 0 Å². The van der Waals surface area contributed by atoms with Gasteiger partial charge < -0.3 is 15.2 Å². The third-order valence-corrected chi connectivity index (χ3v) is 2.61. The Hall–Kier alpha value is -1.85. The molecule has 0 amide bonds. The fourth-order valence-corrected chi connectivity index (χ4v) is 1.42. The summed E-state index contributed by atoms with van der Waals surface area (Å²) < 4.78 is 5.36. The van der Waals surface area contributed by atoms with Crippen LogP contribution in [0.1, 0.15) is 25.8 Å². The zero-order chi connectivity index (χ0) is 13.5. The summed E-state index contributed by atoms with van der Waals surface area (Å²) in [6.45, 7) is 6.55. The van der Waals surface area contributed by atoms with Crippen molar-refractivity contribution in [2.45, 2.75) is 27.2 Å². The number of anilines is 1. The average molecular weight is 253 g/mol. The number of nitrogens with one attached hydrogen (secondary N) is 1. The Morgan fingerprint density at radius 3 is 2.89 bits per heavy atom. The Morgan fingerprint density at radius 2 is 2.28 bits per heavy atom. The van der Waals surface area contributed by atoms with Crippen molar-refractivity contribution in [2.24, 2.45) is 5.92 Å². The molecule has 1 aromatic rings. The van der Waals surface area contributed by atoms with Gasteiger partial charge in [-0.3, -0.25) is 4.79 Å². The van der Waals surface area contributed by atoms with Gasteiger partial charge in [0, 0.05) is 6.54 Å². The zero-order valence-corrected chi connectivity index (χ0v) is 10.9. The molecule has 6 nitrogen and oxygen atoms in total. The van der Waals surface area contributed by atoms with Gasteiger partial charge in [-0.2, -0.15) is 0 Å². The van der Waals surface area contributed by atoms with Crippen LogP contribution in [0.3, 0.4) is 0 Å². The SMILES string of the molecule is CCOc1ncnc(NCCC(C)C(=O)O)c1C. The van der Waals surface area contributed by atoms with E-state index in [9.17, 15) is 4.79 Å². The van der Waals surface area contributed by atoms with E-state index in [2.05, 4.69) is 15.3 Å². The lowest BCUT2D eigenvalue weighted by molar-refractivity contribution is -0.141. The molecule has 0 saturated carbocycles. The molecule has 1 aromatic heterocycles. The first-order chi connectivity index (χ1) is 8.56. The van der Waals surface area contributed by atoms with Crippen molar-refractivity contribution < 1.29 is 14.6 Å². The Balaban J connectivity index is 2.57. The molecule has 2 N–H and O–H groups in total. The Bertz CT molecular complexity index is 410. The van der Waals surface area contributed by atoms with E-state index in [1.165, 1.54) is 6.33 Å². The van der Waals surface area contributed by atoms with Gasteiger partial charge in [0.05, 0.1) is 18.1 Å². The third kappa shape index (κ3) is 3.87. The van der Waals surface area contributed by atoms with Crippen LogP contribution in [0.5, 0.6) is 5.88 Å². The first kappa shape index (κ1) is 14.2. The predicted molar refractivity (Wildman–Crippen MR) is 67.8 cm³/mol. The molecule has 0 fully saturated rings. The minimum atomic E-state index is -0.786. The maximum absolute atomic E-state index is 10.7. The second-order valence-electron chi connectivity index (χ2n) is 4.04. The quantitative estimate of drug-likeness (QED) is 0.769. The second-order valence-corrected chi connectivity index (χ2v) is 4.04. The number of ether oxygens (including phenoxy) is 1. The molecule has 0 aliphatic carbocycles. The lowest BCUT2D eigenvalue weighted by Gasteiger charge is -2.12. The van der Waals surface area contributed by atoms with Crippen LogP contribution in [0, 0.1) is 12.8 Å². The lowest BCUT2D eigenvalue weighted by atomic mass is 10.1. The molecule has 1 rings (SSSR count). The summed E-state index contributed by atoms with van der Waals surface area (Å²) in [6, 6.07) is 0. The van der Waals surface area contributed by atoms with E-state index < -0.39 is 5.97 Å². The van der Waals surface area contributed by atoms with Crippen LogP contribution in [0.25, 0.3) is 0 Å². The summed E-state index contributed by atoms with van der Waals surface area (Å²) in [5.74, 6) is 0.0875. The highest BCUT2D eigenvalue weighted by Crippen LogP contribution is 2.20. The molecule has 0 aromatic carbocycles. The van der Waals surface area contributed by atoms with Gasteiger partial charge >= 0.3 is 5.97 Å². The van der Waals surface area contributed by atoms with Crippen molar-refractivity contribution in [1.29, 1.82) is 0 Å². The number of hydrogen-bond donors (Lipinski definition) is 2. The molecular weight excluding hydrogens is 234 g/mol. The van der Waals surface area contributed by atoms with E-state index in [-0.39, 0.29) is 5.92 Å². The number of nitrogens with zero attached hydrogens (tertiary/aromatic N) is 2. The average Bonchev–Trinajstić information content (AvgIpc) is 2.33. The largest absolute Gasteiger partial charge is 0.481 e. The van der Waals surface area contributed by atoms with Gasteiger partial charge in [-0.15, -0.1) is 0 Å². The number of hydrogen-bond acceptors (Lipinski definition) is 5. The molecule has 0 radical (unpaired) electrons. The number of carboxylic acid groups (broad SMARTS) is 1. The van der Waals surface area contributed by atoms with Crippen molar-refractivity contribution in [1.82, 2.24) is 9.97 Å². The van der Waals surface area contributed by atoms with Gasteiger partial charge in [0.25, 0.3) is 0 Å². The van der Waals surface area contributed by atoms with Crippen LogP contribution in [-0.2, 0) is 4.79 Å². The maximum Gasteiger partial charge on any atom is 0.306 e. The standard InChI is InChI=1S/C12H19N3O3/c1-4-18-11-9(3)10(14-7-15-11)13-6-5-8(2)12(16)17/h7-8H,4-6H2,1-3H3,(H,16,17)(H,13,14,15). The molecule has 0 bridgehead atoms. The first-order valence-electron chi connectivity index (χ1n) is 5.97. The van der Waals surface area contributed by atoms with Gasteiger partial charge in [-0.05, 0) is 20.3 Å². The molecule has 0 aliphatic rings. The van der Waals surface area contributed by atoms with E-state index >= 15 is 0 Å². The zero-order valence-electron chi connectivity index (χ0n) is 10.9. The van der Waals surface area contributed by atoms with Gasteiger partial charge in [0.2, 0.25) is 5.88 Å². The van der Waals surface area contributed by atoms with Crippen LogP contribution >= 0.6 is 0 Å². The highest BCUT2D eigenvalue weighted by molar-refractivity contribution is 5.69. The van der Waals surface area contributed by atoms with Gasteiger partial charge in [0.1, 0.15) is 12.1 Å². The second kappa shape index (κ2) is 6.78. The normalized spacial score (nSPS) is 11.9. The highest BCUT2D eigenvalue weighted by Gasteiger charge is 2.11. The fourth-order valence-electron chi connectivity index (χ4n) is 1.42. The van der Waals surface area contributed by atoms with Crippen molar-refractivity contribution in [3.05, 3.63) is 11.9 Å². The summed E-state index contributed by atoms with van der Waals surface area (Å²) in [7, 11) is 0. The van der Waals surface area contributed by atoms with E-state index in [0.29, 0.717) is 31.3 Å². The number of carboxylic acids is 1. The summed E-state index contributed by atoms with van der Waals surface area (Å²) in [6.07, 6.45) is 1.98. The van der Waals surface area contributed by atoms with Crippen molar-refractivity contribution in [3.8, 4) is 5.88 Å². The molecule has 0 saturated heterocycles. The number of aliphatic carboxylic acids is 1. The van der Waals surface area contributed by atoms with E-state index in [1.54, 1.807) is 6.92 Å². The fraction of sp³-hybridized carbons (Fsp3) is 0.583. The molecule has 1 atom stereocenters. The Labute approximate surface area is 106 Å². The Kier molecular flexibility index (Phi) is 5.35. The minimum Gasteiger partial charge on any atom is -0.481 e. The van der Waals surface area contributed by atoms with Crippen LogP contribution in [0.15, 0.2) is 6.33 Å². The molecule has 1 unspecified atom stereocenters. The van der Waals surface area contributed by atoms with Crippen molar-refractivity contribution >= 4 is 11.8 Å². The molecule has 6 heteroatoms. The summed E-state index contributed by atoms with van der Waals surface area (Å²) >= 11 is 0. The van der Waals surface area contributed by atoms with E-state index in [0.717, 1.165) is 5.56 Å². The minimum absolute atomic E-state index is 0.369. The maximum atomic E-state index is 10.7. The lowest BCUT2D eigenvalue weighted by Crippen LogP contribution is -2.15. The number of aromatic nitrogens is 2. The van der Waals surface area contributed by atoms with Crippen molar-refractivity contribution in [2.75, 3.05) is 18.5 Å². The van der Waals surface area contributed by atoms with Gasteiger partial charge in [-0.1, -0.05) is 6.92 Å². The predicted octanol–water partition coefficient (Wildman–Crippen LogP) is 1.71. The van der Waals surface area contributed by atoms with E-state index in [1.807, 2.05) is 13.8 Å². The van der Waals surface area contributed by atoms with Crippen LogP contribution in [0.4, 0.5) is 5.82 Å². The number of carbonyl (C=O) groups is 1. The summed E-state index contributed by atoms with van der Waals surface area (Å²) in [5.41, 5.74) is 0.835. The molecule has 100 valence electrons. The van der Waals surface area contributed by atoms with Crippen LogP contribution in [0.2, 0.25) is 0 Å². The smallest absolute Gasteiger partial charge is 0.306 e. The molecular formula is C12H19N3O3. The van der Waals surface area contributed by atoms with E-state index in [4.69, 9.17) is 9.84 Å². The molecule has 0 spiro atoms. The van der Waals surface area contributed by atoms with Crippen molar-refractivity contribution in [3.63, 3.8) is 0 Å². The topological polar surface area (TPSA) is 84.3 Å². The number of rotatable bonds is 7. The molecule has 1 heterocycles. The first-order valence-corrected chi connectivity index (χ1v) is 5.97. The van der Waals surface area contributed by atoms with Gasteiger partial charge in [-0.25, -0.2) is 9.97 Å². The van der Waals surface area contributed by atoms with Crippen LogP contribution < -0.4 is 10.1 Å². The highest BCUT2D eigenvalue weighted by atomic mass is 16.5. The summed E-state index contributed by atoms with van der Waals surface area (Å²) in [4.78, 5) is 18.8. The van der Waals surface area contributed by atoms with Crippen LogP contribution in [-0.4, -0.2) is 34.2 Å². The summed E-state index contributed by atoms with van der Waals surface area (Å²) in [5, 5.41) is 11.9. The monoisotopic (exact) mass is 253 g/mol. The third-order valence-electron chi connectivity index (χ3n) is 2.61. The molecule has 18 heavy (non-hydrogen) atoms. The Morgan fingerprint density at radius 1 is 1.56 bits per heavy atom. The molecule has 0 aliphatic heterocycles.